The number of likely N-dealkylation sites (tertiary alicyclic amines) is 1. The molecule has 1 N–H and O–H groups in total. The molecule has 0 aromatic carbocycles. The van der Waals surface area contributed by atoms with Gasteiger partial charge in [-0.25, -0.2) is 4.98 Å². The Morgan fingerprint density at radius 2 is 2.24 bits per heavy atom. The summed E-state index contributed by atoms with van der Waals surface area (Å²) < 4.78 is 0. The summed E-state index contributed by atoms with van der Waals surface area (Å²) in [7, 11) is 0. The van der Waals surface area contributed by atoms with Gasteiger partial charge >= 0.3 is 0 Å². The van der Waals surface area contributed by atoms with E-state index in [1.807, 2.05) is 0 Å². The molecule has 3 rings (SSSR count). The van der Waals surface area contributed by atoms with Gasteiger partial charge in [-0.1, -0.05) is 13.0 Å². The maximum Gasteiger partial charge on any atom is 0.126 e. The van der Waals surface area contributed by atoms with Crippen LogP contribution in [0.25, 0.3) is 0 Å². The van der Waals surface area contributed by atoms with Crippen molar-refractivity contribution in [2.75, 3.05) is 18.4 Å². The molecule has 1 aliphatic heterocycles. The first-order chi connectivity index (χ1) is 8.36. The normalized spacial score (nSPS) is 25.1. The van der Waals surface area contributed by atoms with Crippen LogP contribution < -0.4 is 5.32 Å². The Balaban J connectivity index is 1.69. The predicted octanol–water partition coefficient (Wildman–Crippen LogP) is 2.81. The number of nitrogens with zero attached hydrogens (tertiary/aromatic N) is 2. The van der Waals surface area contributed by atoms with E-state index < -0.39 is 0 Å². The number of rotatable bonds is 4. The smallest absolute Gasteiger partial charge is 0.126 e. The number of nitrogens with one attached hydrogen (secondary N) is 1. The highest BCUT2D eigenvalue weighted by atomic mass is 15.2. The van der Waals surface area contributed by atoms with Crippen molar-refractivity contribution in [3.05, 3.63) is 23.9 Å². The van der Waals surface area contributed by atoms with Gasteiger partial charge in [0.15, 0.2) is 0 Å². The van der Waals surface area contributed by atoms with Crippen molar-refractivity contribution in [3.8, 4) is 0 Å². The molecule has 1 aliphatic carbocycles. The molecule has 1 aromatic rings. The van der Waals surface area contributed by atoms with E-state index in [1.54, 1.807) is 0 Å². The Labute approximate surface area is 103 Å². The molecule has 1 atom stereocenters. The van der Waals surface area contributed by atoms with Crippen molar-refractivity contribution < 1.29 is 0 Å². The van der Waals surface area contributed by atoms with Gasteiger partial charge in [-0.15, -0.1) is 0 Å². The van der Waals surface area contributed by atoms with Crippen molar-refractivity contribution in [1.29, 1.82) is 0 Å². The lowest BCUT2D eigenvalue weighted by Crippen LogP contribution is -2.22. The van der Waals surface area contributed by atoms with Crippen molar-refractivity contribution >= 4 is 5.82 Å². The summed E-state index contributed by atoms with van der Waals surface area (Å²) in [5.74, 6) is 1.04. The minimum Gasteiger partial charge on any atom is -0.367 e. The van der Waals surface area contributed by atoms with E-state index in [9.17, 15) is 0 Å². The second-order valence-electron chi connectivity index (χ2n) is 5.18. The van der Waals surface area contributed by atoms with E-state index in [0.717, 1.165) is 12.4 Å². The van der Waals surface area contributed by atoms with Crippen LogP contribution in [0.5, 0.6) is 0 Å². The molecule has 2 aliphatic rings. The lowest BCUT2D eigenvalue weighted by Gasteiger charge is -2.22. The van der Waals surface area contributed by atoms with Crippen molar-refractivity contribution in [3.63, 3.8) is 0 Å². The van der Waals surface area contributed by atoms with E-state index >= 15 is 0 Å². The number of anilines is 1. The minimum absolute atomic E-state index is 0.600. The predicted molar refractivity (Wildman–Crippen MR) is 70.1 cm³/mol. The van der Waals surface area contributed by atoms with Crippen LogP contribution >= 0.6 is 0 Å². The molecule has 1 saturated heterocycles. The first-order valence-corrected chi connectivity index (χ1v) is 6.83. The Morgan fingerprint density at radius 3 is 2.88 bits per heavy atom. The fourth-order valence-electron chi connectivity index (χ4n) is 2.71. The van der Waals surface area contributed by atoms with Crippen LogP contribution in [0.15, 0.2) is 18.3 Å². The summed E-state index contributed by atoms with van der Waals surface area (Å²) in [5.41, 5.74) is 1.38. The Kier molecular flexibility index (Phi) is 3.02. The highest BCUT2D eigenvalue weighted by Gasteiger charge is 2.25. The fraction of sp³-hybridized carbons (Fsp3) is 0.643. The average Bonchev–Trinajstić information content (AvgIpc) is 3.05. The highest BCUT2D eigenvalue weighted by Crippen LogP contribution is 2.31. The molecular weight excluding hydrogens is 210 g/mol. The summed E-state index contributed by atoms with van der Waals surface area (Å²) in [4.78, 5) is 7.08. The van der Waals surface area contributed by atoms with E-state index in [2.05, 4.69) is 40.5 Å². The third-order valence-electron chi connectivity index (χ3n) is 3.87. The molecule has 1 saturated carbocycles. The number of aromatic nitrogens is 1. The van der Waals surface area contributed by atoms with E-state index in [-0.39, 0.29) is 0 Å². The van der Waals surface area contributed by atoms with Gasteiger partial charge in [0.25, 0.3) is 0 Å². The average molecular weight is 231 g/mol. The van der Waals surface area contributed by atoms with E-state index in [1.165, 1.54) is 37.8 Å². The van der Waals surface area contributed by atoms with Gasteiger partial charge in [-0.3, -0.25) is 4.90 Å². The van der Waals surface area contributed by atoms with Gasteiger partial charge in [0.2, 0.25) is 0 Å². The number of hydrogen-bond donors (Lipinski definition) is 1. The van der Waals surface area contributed by atoms with Crippen molar-refractivity contribution in [2.45, 2.75) is 44.7 Å². The molecule has 17 heavy (non-hydrogen) atoms. The second kappa shape index (κ2) is 4.65. The van der Waals surface area contributed by atoms with E-state index in [4.69, 9.17) is 0 Å². The third-order valence-corrected chi connectivity index (χ3v) is 3.87. The summed E-state index contributed by atoms with van der Waals surface area (Å²) in [6, 6.07) is 5.67. The van der Waals surface area contributed by atoms with Crippen molar-refractivity contribution in [2.24, 2.45) is 0 Å². The van der Waals surface area contributed by atoms with Gasteiger partial charge in [-0.05, 0) is 50.4 Å². The zero-order valence-corrected chi connectivity index (χ0v) is 10.5. The molecule has 0 radical (unpaired) electrons. The Hall–Kier alpha value is -1.09. The monoisotopic (exact) mass is 231 g/mol. The molecule has 92 valence electrons. The molecule has 2 heterocycles. The van der Waals surface area contributed by atoms with Gasteiger partial charge in [0.05, 0.1) is 0 Å². The van der Waals surface area contributed by atoms with Crippen LogP contribution in [-0.2, 0) is 0 Å². The van der Waals surface area contributed by atoms with Crippen LogP contribution in [0.2, 0.25) is 0 Å². The van der Waals surface area contributed by atoms with Crippen LogP contribution in [-0.4, -0.2) is 29.0 Å². The van der Waals surface area contributed by atoms with Gasteiger partial charge in [0.1, 0.15) is 5.82 Å². The van der Waals surface area contributed by atoms with Crippen LogP contribution in [0.3, 0.4) is 0 Å². The topological polar surface area (TPSA) is 28.2 Å². The fourth-order valence-corrected chi connectivity index (χ4v) is 2.71. The second-order valence-corrected chi connectivity index (χ2v) is 5.18. The lowest BCUT2D eigenvalue weighted by molar-refractivity contribution is 0.271. The molecule has 2 fully saturated rings. The Bertz CT molecular complexity index is 370. The zero-order valence-electron chi connectivity index (χ0n) is 10.5. The lowest BCUT2D eigenvalue weighted by atomic mass is 10.1. The van der Waals surface area contributed by atoms with Crippen LogP contribution in [0.4, 0.5) is 5.82 Å². The van der Waals surface area contributed by atoms with Crippen LogP contribution in [0, 0.1) is 0 Å². The molecule has 3 nitrogen and oxygen atoms in total. The van der Waals surface area contributed by atoms with Gasteiger partial charge in [-0.2, -0.15) is 0 Å². The summed E-state index contributed by atoms with van der Waals surface area (Å²) in [6.07, 6.45) is 7.26. The third kappa shape index (κ3) is 2.44. The maximum absolute atomic E-state index is 4.53. The first kappa shape index (κ1) is 11.0. The number of pyridine rings is 1. The quantitative estimate of drug-likeness (QED) is 0.863. The molecular formula is C14H21N3. The Morgan fingerprint density at radius 1 is 1.35 bits per heavy atom. The summed E-state index contributed by atoms with van der Waals surface area (Å²) >= 11 is 0. The molecule has 3 heteroatoms. The molecule has 1 aromatic heterocycles. The SMILES string of the molecule is CCN1CCC[C@@H]1c1ccc(NC2CC2)nc1. The van der Waals surface area contributed by atoms with E-state index in [0.29, 0.717) is 12.1 Å². The zero-order chi connectivity index (χ0) is 11.7. The highest BCUT2D eigenvalue weighted by molar-refractivity contribution is 5.38. The molecule has 0 bridgehead atoms. The largest absolute Gasteiger partial charge is 0.367 e. The summed E-state index contributed by atoms with van der Waals surface area (Å²) in [5, 5.41) is 3.43. The minimum atomic E-state index is 0.600. The first-order valence-electron chi connectivity index (χ1n) is 6.83. The van der Waals surface area contributed by atoms with Gasteiger partial charge < -0.3 is 5.32 Å². The molecule has 0 amide bonds. The maximum atomic E-state index is 4.53. The molecule has 0 unspecified atom stereocenters. The van der Waals surface area contributed by atoms with Gasteiger partial charge in [0, 0.05) is 18.3 Å². The molecule has 0 spiro atoms. The summed E-state index contributed by atoms with van der Waals surface area (Å²) in [6.45, 7) is 4.63. The van der Waals surface area contributed by atoms with Crippen LogP contribution in [0.1, 0.15) is 44.2 Å². The van der Waals surface area contributed by atoms with Crippen molar-refractivity contribution in [1.82, 2.24) is 9.88 Å². The standard InChI is InChI=1S/C14H21N3/c1-2-17-9-3-4-13(17)11-5-8-14(15-10-11)16-12-6-7-12/h5,8,10,12-13H,2-4,6-7,9H2,1H3,(H,15,16)/t13-/m1/s1. The number of hydrogen-bond acceptors (Lipinski definition) is 3.